The van der Waals surface area contributed by atoms with Crippen LogP contribution in [0.5, 0.6) is 0 Å². The fraction of sp³-hybridized carbons (Fsp3) is 0. The van der Waals surface area contributed by atoms with Gasteiger partial charge in [-0.05, 0) is 6.07 Å². The van der Waals surface area contributed by atoms with E-state index in [0.717, 1.165) is 12.1 Å². The molecule has 0 atom stereocenters. The largest absolute Gasteiger partial charge is 0.351 e. The maximum Gasteiger partial charge on any atom is 0.326 e. The van der Waals surface area contributed by atoms with Crippen LogP contribution in [0, 0.1) is 10.1 Å². The minimum absolute atomic E-state index is 0.612. The summed E-state index contributed by atoms with van der Waals surface area (Å²) in [5, 5.41) is 10.6. The number of amides is 2. The lowest BCUT2D eigenvalue weighted by Gasteiger charge is -2.04. The number of nitro benzene ring substituents is 1. The standard InChI is InChI=1S/C7H7N3O5S/c8-7(11)9-16(14,15)6-4-2-1-3-5(6)10(12)13/h1-4H,(H3,8,9,11). The number of nitrogens with one attached hydrogen (secondary N) is 1. The molecule has 0 aliphatic rings. The van der Waals surface area contributed by atoms with E-state index in [2.05, 4.69) is 5.73 Å². The molecule has 0 spiro atoms. The molecule has 8 nitrogen and oxygen atoms in total. The van der Waals surface area contributed by atoms with Crippen LogP contribution in [0.25, 0.3) is 0 Å². The van der Waals surface area contributed by atoms with Crippen LogP contribution in [-0.4, -0.2) is 19.4 Å². The van der Waals surface area contributed by atoms with E-state index in [0.29, 0.717) is 0 Å². The molecule has 1 aromatic rings. The minimum Gasteiger partial charge on any atom is -0.351 e. The minimum atomic E-state index is -4.30. The molecule has 0 unspecified atom stereocenters. The number of nitrogens with zero attached hydrogens (tertiary/aromatic N) is 1. The van der Waals surface area contributed by atoms with E-state index < -0.39 is 31.6 Å². The quantitative estimate of drug-likeness (QED) is 0.569. The summed E-state index contributed by atoms with van der Waals surface area (Å²) in [5.74, 6) is 0. The first-order chi connectivity index (χ1) is 7.34. The summed E-state index contributed by atoms with van der Waals surface area (Å²) >= 11 is 0. The summed E-state index contributed by atoms with van der Waals surface area (Å²) in [6.07, 6.45) is 0. The Labute approximate surface area is 90.3 Å². The number of nitrogens with two attached hydrogens (primary N) is 1. The van der Waals surface area contributed by atoms with Crippen molar-refractivity contribution in [3.8, 4) is 0 Å². The Kier molecular flexibility index (Phi) is 3.09. The van der Waals surface area contributed by atoms with Crippen molar-refractivity contribution in [1.82, 2.24) is 4.72 Å². The van der Waals surface area contributed by atoms with Gasteiger partial charge in [-0.25, -0.2) is 17.9 Å². The van der Waals surface area contributed by atoms with Crippen LogP contribution in [0.3, 0.4) is 0 Å². The van der Waals surface area contributed by atoms with Crippen LogP contribution in [-0.2, 0) is 10.0 Å². The van der Waals surface area contributed by atoms with E-state index in [9.17, 15) is 23.3 Å². The van der Waals surface area contributed by atoms with Crippen molar-refractivity contribution in [2.75, 3.05) is 0 Å². The van der Waals surface area contributed by atoms with E-state index >= 15 is 0 Å². The normalized spacial score (nSPS) is 10.8. The van der Waals surface area contributed by atoms with Crippen LogP contribution >= 0.6 is 0 Å². The highest BCUT2D eigenvalue weighted by Crippen LogP contribution is 2.22. The third-order valence-electron chi connectivity index (χ3n) is 1.59. The first-order valence-corrected chi connectivity index (χ1v) is 5.38. The van der Waals surface area contributed by atoms with Gasteiger partial charge in [0.15, 0.2) is 4.90 Å². The highest BCUT2D eigenvalue weighted by Gasteiger charge is 2.25. The number of hydrogen-bond acceptors (Lipinski definition) is 5. The van der Waals surface area contributed by atoms with Crippen LogP contribution in [0.15, 0.2) is 29.2 Å². The fourth-order valence-electron chi connectivity index (χ4n) is 1.02. The zero-order chi connectivity index (χ0) is 12.3. The molecule has 0 aliphatic carbocycles. The number of carbonyl (C=O) groups excluding carboxylic acids is 1. The second-order valence-corrected chi connectivity index (χ2v) is 4.35. The van der Waals surface area contributed by atoms with Gasteiger partial charge in [-0.2, -0.15) is 0 Å². The Balaban J connectivity index is 3.33. The summed E-state index contributed by atoms with van der Waals surface area (Å²) in [6, 6.07) is 3.31. The summed E-state index contributed by atoms with van der Waals surface area (Å²) in [5.41, 5.74) is 4.01. The Morgan fingerprint density at radius 2 is 1.94 bits per heavy atom. The van der Waals surface area contributed by atoms with Gasteiger partial charge in [0.1, 0.15) is 0 Å². The average Bonchev–Trinajstić information content (AvgIpc) is 2.15. The van der Waals surface area contributed by atoms with Gasteiger partial charge < -0.3 is 5.73 Å². The van der Waals surface area contributed by atoms with Gasteiger partial charge in [0.05, 0.1) is 4.92 Å². The molecule has 0 heterocycles. The van der Waals surface area contributed by atoms with Crippen molar-refractivity contribution < 1.29 is 18.1 Å². The number of hydrogen-bond donors (Lipinski definition) is 2. The van der Waals surface area contributed by atoms with Gasteiger partial charge in [0.25, 0.3) is 15.7 Å². The predicted octanol–water partition coefficient (Wildman–Crippen LogP) is -0.0482. The Morgan fingerprint density at radius 1 is 1.38 bits per heavy atom. The summed E-state index contributed by atoms with van der Waals surface area (Å²) in [6.45, 7) is 0. The lowest BCUT2D eigenvalue weighted by Crippen LogP contribution is -2.35. The van der Waals surface area contributed by atoms with E-state index in [1.807, 2.05) is 0 Å². The maximum absolute atomic E-state index is 11.5. The molecule has 1 aromatic carbocycles. The number of primary amides is 1. The highest BCUT2D eigenvalue weighted by atomic mass is 32.2. The number of rotatable bonds is 3. The Hall–Kier alpha value is -2.16. The van der Waals surface area contributed by atoms with Crippen LogP contribution < -0.4 is 10.5 Å². The van der Waals surface area contributed by atoms with Crippen molar-refractivity contribution in [3.05, 3.63) is 34.4 Å². The first-order valence-electron chi connectivity index (χ1n) is 3.90. The zero-order valence-electron chi connectivity index (χ0n) is 7.78. The number of carbonyl (C=O) groups is 1. The van der Waals surface area contributed by atoms with Crippen molar-refractivity contribution >= 4 is 21.7 Å². The van der Waals surface area contributed by atoms with Crippen molar-refractivity contribution in [2.45, 2.75) is 4.90 Å². The molecule has 1 rings (SSSR count). The average molecular weight is 245 g/mol. The topological polar surface area (TPSA) is 132 Å². The molecule has 0 saturated heterocycles. The molecule has 9 heteroatoms. The Bertz CT molecular complexity index is 539. The summed E-state index contributed by atoms with van der Waals surface area (Å²) < 4.78 is 24.3. The molecule has 0 radical (unpaired) electrons. The fourth-order valence-corrected chi connectivity index (χ4v) is 2.07. The number of benzene rings is 1. The number of para-hydroxylation sites is 1. The van der Waals surface area contributed by atoms with E-state index in [-0.39, 0.29) is 0 Å². The molecule has 0 aliphatic heterocycles. The van der Waals surface area contributed by atoms with Crippen molar-refractivity contribution in [2.24, 2.45) is 5.73 Å². The molecule has 3 N–H and O–H groups in total. The SMILES string of the molecule is NC(=O)NS(=O)(=O)c1ccccc1[N+](=O)[O-]. The lowest BCUT2D eigenvalue weighted by molar-refractivity contribution is -0.387. The zero-order valence-corrected chi connectivity index (χ0v) is 8.60. The Morgan fingerprint density at radius 3 is 2.44 bits per heavy atom. The third kappa shape index (κ3) is 2.45. The molecule has 0 bridgehead atoms. The van der Waals surface area contributed by atoms with Crippen molar-refractivity contribution in [1.29, 1.82) is 0 Å². The van der Waals surface area contributed by atoms with E-state index in [4.69, 9.17) is 0 Å². The number of sulfonamides is 1. The van der Waals surface area contributed by atoms with Gasteiger partial charge in [-0.1, -0.05) is 12.1 Å². The monoisotopic (exact) mass is 245 g/mol. The predicted molar refractivity (Wildman–Crippen MR) is 53.0 cm³/mol. The van der Waals surface area contributed by atoms with Crippen LogP contribution in [0.4, 0.5) is 10.5 Å². The molecule has 16 heavy (non-hydrogen) atoms. The molecule has 0 saturated carbocycles. The van der Waals surface area contributed by atoms with Gasteiger partial charge >= 0.3 is 6.03 Å². The van der Waals surface area contributed by atoms with Gasteiger partial charge in [0, 0.05) is 6.07 Å². The second-order valence-electron chi connectivity index (χ2n) is 2.69. The maximum atomic E-state index is 11.5. The molecule has 0 aromatic heterocycles. The molecular weight excluding hydrogens is 238 g/mol. The molecule has 0 fully saturated rings. The van der Waals surface area contributed by atoms with Crippen LogP contribution in [0.2, 0.25) is 0 Å². The number of urea groups is 1. The third-order valence-corrected chi connectivity index (χ3v) is 2.98. The van der Waals surface area contributed by atoms with Crippen molar-refractivity contribution in [3.63, 3.8) is 0 Å². The smallest absolute Gasteiger partial charge is 0.326 e. The summed E-state index contributed by atoms with van der Waals surface area (Å²) in [4.78, 5) is 19.5. The molecule has 86 valence electrons. The number of nitro groups is 1. The highest BCUT2D eigenvalue weighted by molar-refractivity contribution is 7.90. The molecule has 2 amide bonds. The second kappa shape index (κ2) is 4.14. The summed E-state index contributed by atoms with van der Waals surface area (Å²) in [7, 11) is -4.30. The van der Waals surface area contributed by atoms with E-state index in [1.165, 1.54) is 16.9 Å². The van der Waals surface area contributed by atoms with Crippen LogP contribution in [0.1, 0.15) is 0 Å². The lowest BCUT2D eigenvalue weighted by atomic mass is 10.3. The van der Waals surface area contributed by atoms with Gasteiger partial charge in [-0.15, -0.1) is 0 Å². The van der Waals surface area contributed by atoms with Gasteiger partial charge in [-0.3, -0.25) is 10.1 Å². The van der Waals surface area contributed by atoms with Gasteiger partial charge in [0.2, 0.25) is 0 Å². The van der Waals surface area contributed by atoms with E-state index in [1.54, 1.807) is 0 Å². The molecular formula is C7H7N3O5S. The first kappa shape index (κ1) is 11.9.